The van der Waals surface area contributed by atoms with E-state index in [2.05, 4.69) is 51.4 Å². The molecule has 58 heavy (non-hydrogen) atoms. The first kappa shape index (κ1) is 41.9. The average Bonchev–Trinajstić information content (AvgIpc) is 3.23. The van der Waals surface area contributed by atoms with E-state index >= 15 is 0 Å². The maximum atomic E-state index is 13.9. The van der Waals surface area contributed by atoms with Crippen molar-refractivity contribution in [3.8, 4) is 11.3 Å². The van der Waals surface area contributed by atoms with E-state index < -0.39 is 5.60 Å². The van der Waals surface area contributed by atoms with E-state index in [1.165, 1.54) is 5.56 Å². The molecular weight excluding hydrogens is 731 g/mol. The van der Waals surface area contributed by atoms with E-state index in [9.17, 15) is 19.2 Å². The molecule has 0 unspecified atom stereocenters. The van der Waals surface area contributed by atoms with Crippen LogP contribution in [-0.4, -0.2) is 109 Å². The van der Waals surface area contributed by atoms with E-state index in [-0.39, 0.29) is 29.9 Å². The fourth-order valence-electron chi connectivity index (χ4n) is 7.58. The van der Waals surface area contributed by atoms with Crippen LogP contribution in [0.5, 0.6) is 0 Å². The molecule has 2 heterocycles. The highest BCUT2D eigenvalue weighted by Gasteiger charge is 2.27. The number of carbonyl (C=O) groups excluding carboxylic acids is 4. The number of aryl methyl sites for hydroxylation is 1. The average molecular weight is 788 g/mol. The van der Waals surface area contributed by atoms with E-state index in [1.54, 1.807) is 59.4 Å². The molecule has 12 nitrogen and oxygen atoms in total. The third-order valence-electron chi connectivity index (χ3n) is 10.8. The predicted octanol–water partition coefficient (Wildman–Crippen LogP) is 7.28. The molecule has 1 aliphatic heterocycles. The normalized spacial score (nSPS) is 15.6. The Kier molecular flexibility index (Phi) is 13.5. The summed E-state index contributed by atoms with van der Waals surface area (Å²) in [6, 6.07) is 24.3. The highest BCUT2D eigenvalue weighted by molar-refractivity contribution is 6.08. The van der Waals surface area contributed by atoms with Gasteiger partial charge in [-0.1, -0.05) is 30.3 Å². The molecule has 4 amide bonds. The lowest BCUT2D eigenvalue weighted by Crippen LogP contribution is -2.51. The van der Waals surface area contributed by atoms with Gasteiger partial charge in [-0.25, -0.2) is 4.79 Å². The Morgan fingerprint density at radius 1 is 0.845 bits per heavy atom. The van der Waals surface area contributed by atoms with Gasteiger partial charge >= 0.3 is 6.09 Å². The van der Waals surface area contributed by atoms with Crippen LogP contribution in [0.15, 0.2) is 85.1 Å². The van der Waals surface area contributed by atoms with Gasteiger partial charge in [0.15, 0.2) is 0 Å². The summed E-state index contributed by atoms with van der Waals surface area (Å²) >= 11 is 0. The number of likely N-dealkylation sites (N-methyl/N-ethyl adjacent to an activating group) is 1. The van der Waals surface area contributed by atoms with Crippen LogP contribution < -0.4 is 15.5 Å². The van der Waals surface area contributed by atoms with Crippen LogP contribution in [-0.2, 0) is 11.2 Å². The molecule has 0 radical (unpaired) electrons. The number of pyridine rings is 1. The van der Waals surface area contributed by atoms with Crippen molar-refractivity contribution in [2.75, 3.05) is 69.6 Å². The molecule has 2 N–H and O–H groups in total. The van der Waals surface area contributed by atoms with Gasteiger partial charge in [0, 0.05) is 93.5 Å². The molecule has 2 aliphatic rings. The number of anilines is 2. The molecule has 1 aliphatic carbocycles. The zero-order valence-corrected chi connectivity index (χ0v) is 34.7. The Morgan fingerprint density at radius 3 is 2.31 bits per heavy atom. The second kappa shape index (κ2) is 18.7. The van der Waals surface area contributed by atoms with Crippen molar-refractivity contribution in [1.82, 2.24) is 25.0 Å². The van der Waals surface area contributed by atoms with Gasteiger partial charge in [0.2, 0.25) is 0 Å². The predicted molar refractivity (Wildman–Crippen MR) is 228 cm³/mol. The molecule has 0 bridgehead atoms. The zero-order valence-electron chi connectivity index (χ0n) is 34.7. The van der Waals surface area contributed by atoms with E-state index in [1.807, 2.05) is 51.1 Å². The molecule has 1 aromatic heterocycles. The number of rotatable bonds is 12. The first-order chi connectivity index (χ1) is 27.8. The van der Waals surface area contributed by atoms with Crippen LogP contribution in [0.4, 0.5) is 16.2 Å². The van der Waals surface area contributed by atoms with Crippen molar-refractivity contribution >= 4 is 35.2 Å². The quantitative estimate of drug-likeness (QED) is 0.154. The Morgan fingerprint density at radius 2 is 1.57 bits per heavy atom. The topological polar surface area (TPSA) is 127 Å². The van der Waals surface area contributed by atoms with Crippen molar-refractivity contribution < 1.29 is 23.9 Å². The fourth-order valence-corrected chi connectivity index (χ4v) is 7.58. The number of nitrogens with zero attached hydrogens (tertiary/aromatic N) is 5. The summed E-state index contributed by atoms with van der Waals surface area (Å²) in [6.45, 7) is 15.0. The van der Waals surface area contributed by atoms with Crippen LogP contribution in [0.2, 0.25) is 0 Å². The molecule has 12 heteroatoms. The van der Waals surface area contributed by atoms with Crippen molar-refractivity contribution in [3.63, 3.8) is 0 Å². The van der Waals surface area contributed by atoms with Crippen LogP contribution >= 0.6 is 0 Å². The van der Waals surface area contributed by atoms with Crippen molar-refractivity contribution in [3.05, 3.63) is 113 Å². The van der Waals surface area contributed by atoms with Gasteiger partial charge in [0.05, 0.1) is 17.4 Å². The second-order valence-electron chi connectivity index (χ2n) is 16.0. The zero-order chi connectivity index (χ0) is 41.4. The summed E-state index contributed by atoms with van der Waals surface area (Å²) < 4.78 is 5.51. The number of hydrogen-bond acceptors (Lipinski definition) is 8. The summed E-state index contributed by atoms with van der Waals surface area (Å²) in [5.74, 6) is -0.743. The minimum atomic E-state index is -0.539. The third kappa shape index (κ3) is 10.4. The molecular formula is C46H57N7O5. The summed E-state index contributed by atoms with van der Waals surface area (Å²) in [5.41, 5.74) is 5.85. The standard InChI is InChI=1S/C46H57N7O5/c1-7-52(8-2)36-19-20-40(38(31-36)41-30-34(21-22-47-41)43(55)48-39-18-12-14-32-13-9-10-17-37(32)39)49-42(54)33-15-11-16-35(29-33)44(56)50(6)23-24-51-25-27-53(28-26-51)45(57)58-46(3,4)5/h9-11,13,15-17,19-22,29-31,39H,7-8,12,14,18,23-28H2,1-6H3,(H,48,55)(H,49,54)/t39-/m0/s1. The number of aromatic nitrogens is 1. The summed E-state index contributed by atoms with van der Waals surface area (Å²) in [5, 5.41) is 6.32. The fraction of sp³-hybridized carbons (Fsp3) is 0.413. The van der Waals surface area contributed by atoms with Crippen molar-refractivity contribution in [1.29, 1.82) is 0 Å². The lowest BCUT2D eigenvalue weighted by molar-refractivity contribution is 0.0141. The van der Waals surface area contributed by atoms with Crippen LogP contribution in [0.1, 0.15) is 95.7 Å². The Bertz CT molecular complexity index is 2100. The summed E-state index contributed by atoms with van der Waals surface area (Å²) in [4.78, 5) is 66.1. The summed E-state index contributed by atoms with van der Waals surface area (Å²) in [6.07, 6.45) is 4.22. The van der Waals surface area contributed by atoms with Crippen LogP contribution in [0.3, 0.4) is 0 Å². The van der Waals surface area contributed by atoms with Crippen LogP contribution in [0, 0.1) is 0 Å². The van der Waals surface area contributed by atoms with Gasteiger partial charge in [-0.15, -0.1) is 0 Å². The van der Waals surface area contributed by atoms with Gasteiger partial charge in [0.25, 0.3) is 17.7 Å². The third-order valence-corrected chi connectivity index (χ3v) is 10.8. The molecule has 0 saturated carbocycles. The molecule has 3 aromatic carbocycles. The number of hydrogen-bond donors (Lipinski definition) is 2. The number of piperazine rings is 1. The molecule has 1 atom stereocenters. The van der Waals surface area contributed by atoms with Gasteiger partial charge in [-0.2, -0.15) is 0 Å². The first-order valence-corrected chi connectivity index (χ1v) is 20.4. The largest absolute Gasteiger partial charge is 0.444 e. The lowest BCUT2D eigenvalue weighted by Gasteiger charge is -2.36. The van der Waals surface area contributed by atoms with E-state index in [4.69, 9.17) is 4.74 Å². The lowest BCUT2D eigenvalue weighted by atomic mass is 9.87. The number of amides is 4. The summed E-state index contributed by atoms with van der Waals surface area (Å²) in [7, 11) is 1.76. The van der Waals surface area contributed by atoms with E-state index in [0.717, 1.165) is 43.6 Å². The number of carbonyl (C=O) groups is 4. The monoisotopic (exact) mass is 787 g/mol. The molecule has 4 aromatic rings. The number of fused-ring (bicyclic) bond motifs is 1. The Labute approximate surface area is 342 Å². The molecule has 1 fully saturated rings. The van der Waals surface area contributed by atoms with Crippen molar-refractivity contribution in [2.24, 2.45) is 0 Å². The molecule has 0 spiro atoms. The highest BCUT2D eigenvalue weighted by Crippen LogP contribution is 2.33. The van der Waals surface area contributed by atoms with Gasteiger partial charge in [-0.3, -0.25) is 24.3 Å². The maximum Gasteiger partial charge on any atom is 0.410 e. The SMILES string of the molecule is CCN(CC)c1ccc(NC(=O)c2cccc(C(=O)N(C)CCN3CCN(C(=O)OC(C)(C)C)CC3)c2)c(-c2cc(C(=O)N[C@H]3CCCc4ccccc43)ccn2)c1. The van der Waals surface area contributed by atoms with E-state index in [0.29, 0.717) is 72.9 Å². The molecule has 6 rings (SSSR count). The maximum absolute atomic E-state index is 13.9. The number of ether oxygens (including phenoxy) is 1. The van der Waals surface area contributed by atoms with Gasteiger partial charge in [-0.05, 0) is 114 Å². The smallest absolute Gasteiger partial charge is 0.410 e. The second-order valence-corrected chi connectivity index (χ2v) is 16.0. The number of benzene rings is 3. The van der Waals surface area contributed by atoms with Gasteiger partial charge in [0.1, 0.15) is 5.60 Å². The first-order valence-electron chi connectivity index (χ1n) is 20.4. The minimum absolute atomic E-state index is 0.0641. The van der Waals surface area contributed by atoms with Crippen molar-refractivity contribution in [2.45, 2.75) is 65.5 Å². The Hall–Kier alpha value is -5.75. The Balaban J connectivity index is 1.14. The van der Waals surface area contributed by atoms with Gasteiger partial charge < -0.3 is 30.1 Å². The molecule has 1 saturated heterocycles. The number of nitrogens with one attached hydrogen (secondary N) is 2. The highest BCUT2D eigenvalue weighted by atomic mass is 16.6. The van der Waals surface area contributed by atoms with Crippen LogP contribution in [0.25, 0.3) is 11.3 Å². The molecule has 306 valence electrons. The minimum Gasteiger partial charge on any atom is -0.444 e.